The number of carbonyl (C=O) groups excluding carboxylic acids is 1. The zero-order chi connectivity index (χ0) is 19.6. The van der Waals surface area contributed by atoms with E-state index in [-0.39, 0.29) is 24.6 Å². The number of nitrogens with one attached hydrogen (secondary N) is 1. The smallest absolute Gasteiger partial charge is 0.282 e. The molecule has 3 aromatic rings. The van der Waals surface area contributed by atoms with Crippen molar-refractivity contribution in [1.82, 2.24) is 19.6 Å². The lowest BCUT2D eigenvalue weighted by Gasteiger charge is -2.06. The molecule has 0 fully saturated rings. The van der Waals surface area contributed by atoms with Gasteiger partial charge in [-0.05, 0) is 26.0 Å². The second-order valence-electron chi connectivity index (χ2n) is 6.14. The van der Waals surface area contributed by atoms with E-state index in [0.29, 0.717) is 17.1 Å². The van der Waals surface area contributed by atoms with Gasteiger partial charge in [-0.25, -0.2) is 13.2 Å². The van der Waals surface area contributed by atoms with E-state index in [2.05, 4.69) is 15.5 Å². The molecule has 1 aromatic carbocycles. The van der Waals surface area contributed by atoms with E-state index in [1.807, 2.05) is 0 Å². The number of hydrogen-bond acceptors (Lipinski definition) is 3. The second kappa shape index (κ2) is 7.65. The summed E-state index contributed by atoms with van der Waals surface area (Å²) in [6.45, 7) is 3.40. The topological polar surface area (TPSA) is 64.7 Å². The molecule has 0 unspecified atom stereocenters. The van der Waals surface area contributed by atoms with Crippen LogP contribution in [0.5, 0.6) is 0 Å². The lowest BCUT2D eigenvalue weighted by Crippen LogP contribution is -2.20. The van der Waals surface area contributed by atoms with Crippen molar-refractivity contribution in [2.24, 2.45) is 0 Å². The van der Waals surface area contributed by atoms with Crippen molar-refractivity contribution in [3.8, 4) is 0 Å². The third-order valence-corrected chi connectivity index (χ3v) is 4.04. The number of carbonyl (C=O) groups is 1. The summed E-state index contributed by atoms with van der Waals surface area (Å²) in [5, 5.41) is 10.6. The Labute approximate surface area is 153 Å². The van der Waals surface area contributed by atoms with Crippen LogP contribution >= 0.6 is 0 Å². The van der Waals surface area contributed by atoms with Gasteiger partial charge in [0, 0.05) is 23.0 Å². The second-order valence-corrected chi connectivity index (χ2v) is 6.14. The van der Waals surface area contributed by atoms with Crippen LogP contribution in [0.1, 0.15) is 29.1 Å². The number of benzene rings is 1. The summed E-state index contributed by atoms with van der Waals surface area (Å²) in [6, 6.07) is 9.27. The number of amides is 1. The number of aryl methyl sites for hydroxylation is 2. The lowest BCUT2D eigenvalue weighted by molar-refractivity contribution is -0.117. The average molecular weight is 377 g/mol. The standard InChI is InChI=1S/C18H18F3N5O/c1-11-7-15(18(20)21)23-26(11)10-17(27)22-16-8-12(2)25(24-16)9-13-5-3-4-6-14(13)19/h3-8,18H,9-10H2,1-2H3,(H,22,24,27). The van der Waals surface area contributed by atoms with Crippen molar-refractivity contribution >= 4 is 11.7 Å². The highest BCUT2D eigenvalue weighted by molar-refractivity contribution is 5.89. The van der Waals surface area contributed by atoms with Crippen LogP contribution in [0.25, 0.3) is 0 Å². The Morgan fingerprint density at radius 2 is 1.81 bits per heavy atom. The van der Waals surface area contributed by atoms with Crippen LogP contribution in [0.4, 0.5) is 19.0 Å². The predicted molar refractivity (Wildman–Crippen MR) is 93.0 cm³/mol. The first-order valence-corrected chi connectivity index (χ1v) is 8.23. The van der Waals surface area contributed by atoms with Gasteiger partial charge in [-0.3, -0.25) is 14.2 Å². The quantitative estimate of drug-likeness (QED) is 0.716. The molecule has 6 nitrogen and oxygen atoms in total. The van der Waals surface area contributed by atoms with Crippen LogP contribution in [-0.2, 0) is 17.9 Å². The first kappa shape index (κ1) is 18.7. The van der Waals surface area contributed by atoms with Crippen molar-refractivity contribution in [2.75, 3.05) is 5.32 Å². The summed E-state index contributed by atoms with van der Waals surface area (Å²) in [5.41, 5.74) is 1.31. The largest absolute Gasteiger partial charge is 0.308 e. The minimum Gasteiger partial charge on any atom is -0.308 e. The number of hydrogen-bond donors (Lipinski definition) is 1. The predicted octanol–water partition coefficient (Wildman–Crippen LogP) is 3.46. The van der Waals surface area contributed by atoms with Gasteiger partial charge >= 0.3 is 0 Å². The van der Waals surface area contributed by atoms with Gasteiger partial charge in [0.05, 0.1) is 6.54 Å². The average Bonchev–Trinajstić information content (AvgIpc) is 3.13. The molecule has 0 saturated carbocycles. The third kappa shape index (κ3) is 4.36. The molecular formula is C18H18F3N5O. The minimum absolute atomic E-state index is 0.211. The Hall–Kier alpha value is -3.10. The fourth-order valence-electron chi connectivity index (χ4n) is 2.64. The molecule has 0 aliphatic carbocycles. The Morgan fingerprint density at radius 3 is 2.48 bits per heavy atom. The number of anilines is 1. The van der Waals surface area contributed by atoms with Crippen LogP contribution in [-0.4, -0.2) is 25.5 Å². The third-order valence-electron chi connectivity index (χ3n) is 4.04. The van der Waals surface area contributed by atoms with Gasteiger partial charge < -0.3 is 5.32 Å². The number of rotatable bonds is 6. The molecule has 0 saturated heterocycles. The van der Waals surface area contributed by atoms with E-state index in [1.165, 1.54) is 16.8 Å². The summed E-state index contributed by atoms with van der Waals surface area (Å²) in [6.07, 6.45) is -2.69. The highest BCUT2D eigenvalue weighted by atomic mass is 19.3. The van der Waals surface area contributed by atoms with Crippen LogP contribution < -0.4 is 5.32 Å². The summed E-state index contributed by atoms with van der Waals surface area (Å²) in [4.78, 5) is 12.2. The van der Waals surface area contributed by atoms with Crippen LogP contribution in [0.2, 0.25) is 0 Å². The summed E-state index contributed by atoms with van der Waals surface area (Å²) < 4.78 is 41.9. The zero-order valence-electron chi connectivity index (χ0n) is 14.8. The van der Waals surface area contributed by atoms with Gasteiger partial charge in [-0.15, -0.1) is 0 Å². The summed E-state index contributed by atoms with van der Waals surface area (Å²) in [7, 11) is 0. The molecule has 27 heavy (non-hydrogen) atoms. The maximum atomic E-state index is 13.8. The van der Waals surface area contributed by atoms with Gasteiger partial charge in [0.15, 0.2) is 5.82 Å². The molecule has 0 bridgehead atoms. The molecular weight excluding hydrogens is 359 g/mol. The van der Waals surface area contributed by atoms with Gasteiger partial charge in [0.25, 0.3) is 6.43 Å². The fourth-order valence-corrected chi connectivity index (χ4v) is 2.64. The molecule has 0 atom stereocenters. The van der Waals surface area contributed by atoms with Gasteiger partial charge in [-0.1, -0.05) is 18.2 Å². The van der Waals surface area contributed by atoms with Crippen molar-refractivity contribution in [2.45, 2.75) is 33.4 Å². The number of alkyl halides is 2. The van der Waals surface area contributed by atoms with Crippen molar-refractivity contribution in [1.29, 1.82) is 0 Å². The number of nitrogens with zero attached hydrogens (tertiary/aromatic N) is 4. The number of aromatic nitrogens is 4. The van der Waals surface area contributed by atoms with Gasteiger partial charge in [-0.2, -0.15) is 10.2 Å². The molecule has 0 aliphatic heterocycles. The molecule has 9 heteroatoms. The molecule has 0 radical (unpaired) electrons. The van der Waals surface area contributed by atoms with Gasteiger partial charge in [0.1, 0.15) is 18.1 Å². The molecule has 1 amide bonds. The van der Waals surface area contributed by atoms with E-state index in [1.54, 1.807) is 42.8 Å². The first-order chi connectivity index (χ1) is 12.8. The van der Waals surface area contributed by atoms with Crippen LogP contribution in [0.3, 0.4) is 0 Å². The molecule has 2 heterocycles. The van der Waals surface area contributed by atoms with Crippen molar-refractivity contribution in [3.63, 3.8) is 0 Å². The van der Waals surface area contributed by atoms with Gasteiger partial charge in [0.2, 0.25) is 5.91 Å². The Kier molecular flexibility index (Phi) is 5.29. The lowest BCUT2D eigenvalue weighted by atomic mass is 10.2. The molecule has 2 aromatic heterocycles. The first-order valence-electron chi connectivity index (χ1n) is 8.23. The molecule has 1 N–H and O–H groups in total. The van der Waals surface area contributed by atoms with Crippen molar-refractivity contribution < 1.29 is 18.0 Å². The number of halogens is 3. The van der Waals surface area contributed by atoms with E-state index < -0.39 is 12.3 Å². The summed E-state index contributed by atoms with van der Waals surface area (Å²) >= 11 is 0. The SMILES string of the molecule is Cc1cc(NC(=O)Cn2nc(C(F)F)cc2C)nn1Cc1ccccc1F. The van der Waals surface area contributed by atoms with Crippen LogP contribution in [0, 0.1) is 19.7 Å². The van der Waals surface area contributed by atoms with E-state index in [4.69, 9.17) is 0 Å². The molecule has 0 spiro atoms. The Morgan fingerprint density at radius 1 is 1.11 bits per heavy atom. The molecule has 0 aliphatic rings. The fraction of sp³-hybridized carbons (Fsp3) is 0.278. The Bertz CT molecular complexity index is 964. The molecule has 142 valence electrons. The highest BCUT2D eigenvalue weighted by Gasteiger charge is 2.16. The summed E-state index contributed by atoms with van der Waals surface area (Å²) in [5.74, 6) is -0.479. The zero-order valence-corrected chi connectivity index (χ0v) is 14.8. The van der Waals surface area contributed by atoms with E-state index in [0.717, 1.165) is 5.69 Å². The Balaban J connectivity index is 1.68. The monoisotopic (exact) mass is 377 g/mol. The minimum atomic E-state index is -2.69. The normalized spacial score (nSPS) is 11.2. The molecule has 3 rings (SSSR count). The maximum Gasteiger partial charge on any atom is 0.282 e. The van der Waals surface area contributed by atoms with E-state index >= 15 is 0 Å². The highest BCUT2D eigenvalue weighted by Crippen LogP contribution is 2.18. The van der Waals surface area contributed by atoms with Crippen molar-refractivity contribution in [3.05, 3.63) is 64.9 Å². The van der Waals surface area contributed by atoms with E-state index in [9.17, 15) is 18.0 Å². The van der Waals surface area contributed by atoms with Crippen LogP contribution in [0.15, 0.2) is 36.4 Å². The maximum absolute atomic E-state index is 13.8.